The highest BCUT2D eigenvalue weighted by Crippen LogP contribution is 2.18. The molecule has 5 nitrogen and oxygen atoms in total. The van der Waals surface area contributed by atoms with Crippen LogP contribution in [0.4, 0.5) is 10.1 Å². The van der Waals surface area contributed by atoms with Gasteiger partial charge in [0.05, 0.1) is 10.6 Å². The second kappa shape index (κ2) is 6.67. The summed E-state index contributed by atoms with van der Waals surface area (Å²) in [5.74, 6) is -0.649. The number of halogens is 1. The zero-order valence-electron chi connectivity index (χ0n) is 9.89. The summed E-state index contributed by atoms with van der Waals surface area (Å²) in [5.41, 5.74) is 0.242. The number of aliphatic hydroxyl groups excluding tert-OH is 1. The van der Waals surface area contributed by atoms with Gasteiger partial charge < -0.3 is 10.4 Å². The Labute approximate surface area is 106 Å². The van der Waals surface area contributed by atoms with Gasteiger partial charge in [0.2, 0.25) is 10.0 Å². The Hall–Kier alpha value is -1.18. The largest absolute Gasteiger partial charge is 0.396 e. The molecule has 0 aliphatic rings. The van der Waals surface area contributed by atoms with E-state index in [0.29, 0.717) is 13.0 Å². The molecule has 0 saturated heterocycles. The molecule has 0 atom stereocenters. The van der Waals surface area contributed by atoms with Gasteiger partial charge in [-0.3, -0.25) is 0 Å². The molecular weight excluding hydrogens is 259 g/mol. The summed E-state index contributed by atoms with van der Waals surface area (Å²) >= 11 is 0. The fraction of sp³-hybridized carbons (Fsp3) is 0.455. The number of rotatable bonds is 7. The number of primary sulfonamides is 1. The van der Waals surface area contributed by atoms with Gasteiger partial charge in [0.1, 0.15) is 5.82 Å². The van der Waals surface area contributed by atoms with E-state index in [2.05, 4.69) is 5.32 Å². The molecular formula is C11H17FN2O3S. The number of nitrogens with two attached hydrogens (primary N) is 1. The van der Waals surface area contributed by atoms with E-state index in [0.717, 1.165) is 18.9 Å². The van der Waals surface area contributed by atoms with E-state index in [1.54, 1.807) is 0 Å². The van der Waals surface area contributed by atoms with Crippen LogP contribution in [0.3, 0.4) is 0 Å². The molecule has 0 aliphatic carbocycles. The second-order valence-corrected chi connectivity index (χ2v) is 5.46. The van der Waals surface area contributed by atoms with Crippen LogP contribution in [-0.2, 0) is 10.0 Å². The number of sulfonamides is 1. The van der Waals surface area contributed by atoms with Gasteiger partial charge in [0.15, 0.2) is 0 Å². The molecule has 0 unspecified atom stereocenters. The highest BCUT2D eigenvalue weighted by Gasteiger charge is 2.11. The third-order valence-corrected chi connectivity index (χ3v) is 3.33. The quantitative estimate of drug-likeness (QED) is 0.649. The number of hydrogen-bond donors (Lipinski definition) is 3. The number of hydrogen-bond acceptors (Lipinski definition) is 4. The van der Waals surface area contributed by atoms with Crippen molar-refractivity contribution in [2.75, 3.05) is 18.5 Å². The molecule has 18 heavy (non-hydrogen) atoms. The lowest BCUT2D eigenvalue weighted by Gasteiger charge is -2.08. The summed E-state index contributed by atoms with van der Waals surface area (Å²) in [6.45, 7) is 0.711. The summed E-state index contributed by atoms with van der Waals surface area (Å²) in [6, 6.07) is 3.50. The number of benzene rings is 1. The zero-order chi connectivity index (χ0) is 13.6. The molecule has 4 N–H and O–H groups in total. The lowest BCUT2D eigenvalue weighted by Crippen LogP contribution is -2.13. The van der Waals surface area contributed by atoms with Crippen molar-refractivity contribution < 1.29 is 17.9 Å². The minimum Gasteiger partial charge on any atom is -0.396 e. The van der Waals surface area contributed by atoms with Gasteiger partial charge in [-0.1, -0.05) is 0 Å². The summed E-state index contributed by atoms with van der Waals surface area (Å²) in [7, 11) is -3.87. The SMILES string of the molecule is NS(=O)(=O)c1ccc(NCCCCCO)c(F)c1. The number of unbranched alkanes of at least 4 members (excludes halogenated alkanes) is 2. The Morgan fingerprint density at radius 2 is 2.00 bits per heavy atom. The molecule has 1 aromatic rings. The predicted octanol–water partition coefficient (Wildman–Crippen LogP) is 1.05. The molecule has 0 bridgehead atoms. The maximum Gasteiger partial charge on any atom is 0.238 e. The molecule has 0 amide bonds. The zero-order valence-corrected chi connectivity index (χ0v) is 10.7. The molecule has 0 aliphatic heterocycles. The molecule has 0 radical (unpaired) electrons. The third-order valence-electron chi connectivity index (χ3n) is 2.42. The first-order chi connectivity index (χ1) is 8.45. The lowest BCUT2D eigenvalue weighted by atomic mass is 10.2. The fourth-order valence-corrected chi connectivity index (χ4v) is 1.98. The minimum atomic E-state index is -3.87. The van der Waals surface area contributed by atoms with Crippen molar-refractivity contribution in [1.29, 1.82) is 0 Å². The monoisotopic (exact) mass is 276 g/mol. The molecule has 0 saturated carbocycles. The van der Waals surface area contributed by atoms with Crippen LogP contribution < -0.4 is 10.5 Å². The minimum absolute atomic E-state index is 0.150. The van der Waals surface area contributed by atoms with Crippen LogP contribution in [-0.4, -0.2) is 26.7 Å². The fourth-order valence-electron chi connectivity index (χ4n) is 1.45. The van der Waals surface area contributed by atoms with Gasteiger partial charge in [-0.05, 0) is 37.5 Å². The van der Waals surface area contributed by atoms with Crippen molar-refractivity contribution in [3.8, 4) is 0 Å². The van der Waals surface area contributed by atoms with Crippen LogP contribution in [0.5, 0.6) is 0 Å². The number of anilines is 1. The average molecular weight is 276 g/mol. The molecule has 1 rings (SSSR count). The van der Waals surface area contributed by atoms with Gasteiger partial charge in [-0.2, -0.15) is 0 Å². The van der Waals surface area contributed by atoms with E-state index >= 15 is 0 Å². The molecule has 102 valence electrons. The van der Waals surface area contributed by atoms with Gasteiger partial charge in [0.25, 0.3) is 0 Å². The van der Waals surface area contributed by atoms with Crippen molar-refractivity contribution >= 4 is 15.7 Å². The summed E-state index contributed by atoms with van der Waals surface area (Å²) in [5, 5.41) is 16.3. The van der Waals surface area contributed by atoms with Crippen LogP contribution >= 0.6 is 0 Å². The van der Waals surface area contributed by atoms with Crippen molar-refractivity contribution in [1.82, 2.24) is 0 Å². The van der Waals surface area contributed by atoms with Gasteiger partial charge in [0, 0.05) is 13.2 Å². The van der Waals surface area contributed by atoms with E-state index in [1.165, 1.54) is 12.1 Å². The second-order valence-electron chi connectivity index (χ2n) is 3.90. The van der Waals surface area contributed by atoms with Crippen LogP contribution in [0.2, 0.25) is 0 Å². The smallest absolute Gasteiger partial charge is 0.238 e. The third kappa shape index (κ3) is 4.59. The maximum atomic E-state index is 13.5. The van der Waals surface area contributed by atoms with Crippen molar-refractivity contribution in [2.45, 2.75) is 24.2 Å². The Morgan fingerprint density at radius 1 is 1.28 bits per heavy atom. The van der Waals surface area contributed by atoms with Gasteiger partial charge >= 0.3 is 0 Å². The Bertz CT molecular complexity index is 491. The molecule has 1 aromatic carbocycles. The molecule has 0 spiro atoms. The first-order valence-corrected chi connectivity index (χ1v) is 7.17. The number of aliphatic hydroxyl groups is 1. The molecule has 0 fully saturated rings. The molecule has 0 aromatic heterocycles. The maximum absolute atomic E-state index is 13.5. The Balaban J connectivity index is 2.58. The van der Waals surface area contributed by atoms with Crippen molar-refractivity contribution in [2.24, 2.45) is 5.14 Å². The Kier molecular flexibility index (Phi) is 5.52. The lowest BCUT2D eigenvalue weighted by molar-refractivity contribution is 0.283. The first kappa shape index (κ1) is 14.9. The highest BCUT2D eigenvalue weighted by atomic mass is 32.2. The number of nitrogens with one attached hydrogen (secondary N) is 1. The predicted molar refractivity (Wildman–Crippen MR) is 67.2 cm³/mol. The van der Waals surface area contributed by atoms with E-state index < -0.39 is 15.8 Å². The highest BCUT2D eigenvalue weighted by molar-refractivity contribution is 7.89. The van der Waals surface area contributed by atoms with Crippen LogP contribution in [0.25, 0.3) is 0 Å². The van der Waals surface area contributed by atoms with Crippen molar-refractivity contribution in [3.05, 3.63) is 24.0 Å². The normalized spacial score (nSPS) is 11.5. The average Bonchev–Trinajstić information content (AvgIpc) is 2.29. The first-order valence-electron chi connectivity index (χ1n) is 5.62. The van der Waals surface area contributed by atoms with Gasteiger partial charge in [-0.15, -0.1) is 0 Å². The summed E-state index contributed by atoms with van der Waals surface area (Å²) in [6.07, 6.45) is 2.37. The van der Waals surface area contributed by atoms with Crippen LogP contribution in [0.1, 0.15) is 19.3 Å². The summed E-state index contributed by atoms with van der Waals surface area (Å²) < 4.78 is 35.5. The van der Waals surface area contributed by atoms with E-state index in [-0.39, 0.29) is 17.2 Å². The topological polar surface area (TPSA) is 92.4 Å². The van der Waals surface area contributed by atoms with E-state index in [4.69, 9.17) is 10.2 Å². The van der Waals surface area contributed by atoms with E-state index in [1.807, 2.05) is 0 Å². The Morgan fingerprint density at radius 3 is 2.56 bits per heavy atom. The van der Waals surface area contributed by atoms with Crippen LogP contribution in [0.15, 0.2) is 23.1 Å². The summed E-state index contributed by atoms with van der Waals surface area (Å²) in [4.78, 5) is -0.245. The van der Waals surface area contributed by atoms with Crippen molar-refractivity contribution in [3.63, 3.8) is 0 Å². The van der Waals surface area contributed by atoms with Crippen LogP contribution in [0, 0.1) is 5.82 Å². The van der Waals surface area contributed by atoms with E-state index in [9.17, 15) is 12.8 Å². The molecule has 0 heterocycles. The standard InChI is InChI=1S/C11H17FN2O3S/c12-10-8-9(18(13,16)17)4-5-11(10)14-6-2-1-3-7-15/h4-5,8,14-15H,1-3,6-7H2,(H2,13,16,17). The molecule has 7 heteroatoms. The van der Waals surface area contributed by atoms with Gasteiger partial charge in [-0.25, -0.2) is 17.9 Å².